The summed E-state index contributed by atoms with van der Waals surface area (Å²) in [4.78, 5) is 10.4. The van der Waals surface area contributed by atoms with Gasteiger partial charge in [0.2, 0.25) is 0 Å². The van der Waals surface area contributed by atoms with Crippen molar-refractivity contribution < 1.29 is 19.4 Å². The lowest BCUT2D eigenvalue weighted by atomic mass is 10.2. The van der Waals surface area contributed by atoms with Gasteiger partial charge in [-0.1, -0.05) is 15.9 Å². The molecule has 1 rings (SSSR count). The van der Waals surface area contributed by atoms with Crippen LogP contribution in [0.15, 0.2) is 16.6 Å². The molecule has 0 aliphatic rings. The van der Waals surface area contributed by atoms with E-state index in [9.17, 15) is 4.79 Å². The van der Waals surface area contributed by atoms with Crippen molar-refractivity contribution >= 4 is 21.9 Å². The fourth-order valence-corrected chi connectivity index (χ4v) is 1.88. The maximum absolute atomic E-state index is 10.4. The van der Waals surface area contributed by atoms with Crippen LogP contribution in [0.4, 0.5) is 0 Å². The highest BCUT2D eigenvalue weighted by atomic mass is 79.9. The van der Waals surface area contributed by atoms with Gasteiger partial charge in [-0.25, -0.2) is 0 Å². The van der Waals surface area contributed by atoms with Gasteiger partial charge >= 0.3 is 5.97 Å². The number of ether oxygens (including phenoxy) is 2. The summed E-state index contributed by atoms with van der Waals surface area (Å²) in [7, 11) is 3.10. The molecule has 0 fully saturated rings. The molecule has 1 aromatic rings. The van der Waals surface area contributed by atoms with Crippen LogP contribution in [0.3, 0.4) is 0 Å². The van der Waals surface area contributed by atoms with Crippen molar-refractivity contribution in [3.05, 3.63) is 22.2 Å². The summed E-state index contributed by atoms with van der Waals surface area (Å²) in [5.41, 5.74) is 0.827. The number of aliphatic carboxylic acids is 1. The number of rotatable bonds is 6. The predicted molar refractivity (Wildman–Crippen MR) is 66.6 cm³/mol. The normalized spacial score (nSPS) is 10.1. The average molecular weight is 304 g/mol. The zero-order valence-corrected chi connectivity index (χ0v) is 11.2. The van der Waals surface area contributed by atoms with E-state index in [0.29, 0.717) is 18.0 Å². The molecule has 6 heteroatoms. The van der Waals surface area contributed by atoms with Crippen LogP contribution in [0.25, 0.3) is 0 Å². The van der Waals surface area contributed by atoms with Crippen LogP contribution in [0, 0.1) is 0 Å². The van der Waals surface area contributed by atoms with E-state index in [1.165, 1.54) is 0 Å². The zero-order valence-electron chi connectivity index (χ0n) is 9.62. The van der Waals surface area contributed by atoms with Gasteiger partial charge in [0.05, 0.1) is 20.8 Å². The summed E-state index contributed by atoms with van der Waals surface area (Å²) in [6.45, 7) is 0.278. The highest BCUT2D eigenvalue weighted by Crippen LogP contribution is 2.35. The van der Waals surface area contributed by atoms with Crippen molar-refractivity contribution in [2.75, 3.05) is 20.8 Å². The molecule has 0 saturated carbocycles. The van der Waals surface area contributed by atoms with Crippen LogP contribution < -0.4 is 14.8 Å². The number of benzene rings is 1. The van der Waals surface area contributed by atoms with Gasteiger partial charge < -0.3 is 19.9 Å². The molecule has 0 unspecified atom stereocenters. The highest BCUT2D eigenvalue weighted by molar-refractivity contribution is 9.10. The van der Waals surface area contributed by atoms with Gasteiger partial charge in [-0.3, -0.25) is 4.79 Å². The Bertz CT molecular complexity index is 409. The lowest BCUT2D eigenvalue weighted by Gasteiger charge is -2.14. The monoisotopic (exact) mass is 303 g/mol. The Morgan fingerprint density at radius 2 is 2.12 bits per heavy atom. The summed E-state index contributed by atoms with van der Waals surface area (Å²) in [6, 6.07) is 3.61. The van der Waals surface area contributed by atoms with Crippen molar-refractivity contribution in [2.24, 2.45) is 0 Å². The Morgan fingerprint density at radius 3 is 2.65 bits per heavy atom. The molecule has 0 amide bonds. The number of hydrogen-bond donors (Lipinski definition) is 2. The van der Waals surface area contributed by atoms with Gasteiger partial charge in [0, 0.05) is 16.6 Å². The van der Waals surface area contributed by atoms with Crippen LogP contribution in [0.1, 0.15) is 5.56 Å². The van der Waals surface area contributed by atoms with Gasteiger partial charge in [0.25, 0.3) is 0 Å². The van der Waals surface area contributed by atoms with E-state index in [1.54, 1.807) is 20.3 Å². The number of carbonyl (C=O) groups is 1. The molecule has 5 nitrogen and oxygen atoms in total. The molecule has 17 heavy (non-hydrogen) atoms. The van der Waals surface area contributed by atoms with E-state index in [2.05, 4.69) is 21.2 Å². The number of carboxylic acids is 1. The van der Waals surface area contributed by atoms with Crippen LogP contribution in [0.5, 0.6) is 11.5 Å². The van der Waals surface area contributed by atoms with Gasteiger partial charge in [0.1, 0.15) is 0 Å². The van der Waals surface area contributed by atoms with Crippen molar-refractivity contribution in [2.45, 2.75) is 6.54 Å². The van der Waals surface area contributed by atoms with Crippen molar-refractivity contribution in [1.29, 1.82) is 0 Å². The number of carboxylic acid groups (broad SMARTS) is 1. The fourth-order valence-electron chi connectivity index (χ4n) is 1.43. The molecule has 0 aliphatic carbocycles. The molecule has 94 valence electrons. The quantitative estimate of drug-likeness (QED) is 0.836. The maximum Gasteiger partial charge on any atom is 0.317 e. The first kappa shape index (κ1) is 13.8. The lowest BCUT2D eigenvalue weighted by Crippen LogP contribution is -2.22. The standard InChI is InChI=1S/C11H14BrNO4/c1-16-9-4-3-8(12)7(11(9)17-2)5-13-6-10(14)15/h3-4,13H,5-6H2,1-2H3,(H,14,15). The fraction of sp³-hybridized carbons (Fsp3) is 0.364. The van der Waals surface area contributed by atoms with E-state index < -0.39 is 5.97 Å². The Kier molecular flexibility index (Phi) is 5.24. The molecular weight excluding hydrogens is 290 g/mol. The van der Waals surface area contributed by atoms with Gasteiger partial charge in [-0.05, 0) is 12.1 Å². The Balaban J connectivity index is 2.91. The van der Waals surface area contributed by atoms with Gasteiger partial charge in [-0.2, -0.15) is 0 Å². The SMILES string of the molecule is COc1ccc(Br)c(CNCC(=O)O)c1OC. The van der Waals surface area contributed by atoms with E-state index in [4.69, 9.17) is 14.6 Å². The molecule has 0 saturated heterocycles. The number of methoxy groups -OCH3 is 2. The van der Waals surface area contributed by atoms with Crippen molar-refractivity contribution in [3.63, 3.8) is 0 Å². The minimum Gasteiger partial charge on any atom is -0.493 e. The minimum absolute atomic E-state index is 0.104. The second kappa shape index (κ2) is 6.46. The van der Waals surface area contributed by atoms with E-state index in [0.717, 1.165) is 10.0 Å². The minimum atomic E-state index is -0.900. The Hall–Kier alpha value is -1.27. The number of halogens is 1. The molecule has 0 aliphatic heterocycles. The number of nitrogens with one attached hydrogen (secondary N) is 1. The first-order valence-corrected chi connectivity index (χ1v) is 5.71. The third-order valence-electron chi connectivity index (χ3n) is 2.17. The molecule has 2 N–H and O–H groups in total. The third kappa shape index (κ3) is 3.61. The first-order chi connectivity index (χ1) is 8.10. The Labute approximate surface area is 108 Å². The maximum atomic E-state index is 10.4. The van der Waals surface area contributed by atoms with Crippen molar-refractivity contribution in [1.82, 2.24) is 5.32 Å². The molecule has 0 heterocycles. The second-order valence-corrected chi connectivity index (χ2v) is 4.11. The summed E-state index contributed by atoms with van der Waals surface area (Å²) in [5.74, 6) is 0.311. The van der Waals surface area contributed by atoms with Crippen LogP contribution in [-0.4, -0.2) is 31.8 Å². The van der Waals surface area contributed by atoms with Crippen LogP contribution >= 0.6 is 15.9 Å². The molecule has 1 aromatic carbocycles. The molecule has 0 spiro atoms. The average Bonchev–Trinajstić information content (AvgIpc) is 2.30. The predicted octanol–water partition coefficient (Wildman–Crippen LogP) is 1.64. The van der Waals surface area contributed by atoms with Gasteiger partial charge in [0.15, 0.2) is 11.5 Å². The molecule has 0 atom stereocenters. The van der Waals surface area contributed by atoms with E-state index in [-0.39, 0.29) is 6.54 Å². The molecular formula is C11H14BrNO4. The van der Waals surface area contributed by atoms with E-state index >= 15 is 0 Å². The topological polar surface area (TPSA) is 67.8 Å². The zero-order chi connectivity index (χ0) is 12.8. The van der Waals surface area contributed by atoms with E-state index in [1.807, 2.05) is 6.07 Å². The smallest absolute Gasteiger partial charge is 0.317 e. The first-order valence-electron chi connectivity index (χ1n) is 4.92. The third-order valence-corrected chi connectivity index (χ3v) is 2.91. The lowest BCUT2D eigenvalue weighted by molar-refractivity contribution is -0.136. The molecule has 0 bridgehead atoms. The highest BCUT2D eigenvalue weighted by Gasteiger charge is 2.13. The molecule has 0 aromatic heterocycles. The molecule has 0 radical (unpaired) electrons. The summed E-state index contributed by atoms with van der Waals surface area (Å²) < 4.78 is 11.3. The summed E-state index contributed by atoms with van der Waals surface area (Å²) in [6.07, 6.45) is 0. The Morgan fingerprint density at radius 1 is 1.41 bits per heavy atom. The second-order valence-electron chi connectivity index (χ2n) is 3.26. The summed E-state index contributed by atoms with van der Waals surface area (Å²) in [5, 5.41) is 11.4. The number of hydrogen-bond acceptors (Lipinski definition) is 4. The van der Waals surface area contributed by atoms with Gasteiger partial charge in [-0.15, -0.1) is 0 Å². The van der Waals surface area contributed by atoms with Crippen LogP contribution in [0.2, 0.25) is 0 Å². The summed E-state index contributed by atoms with van der Waals surface area (Å²) >= 11 is 3.40. The van der Waals surface area contributed by atoms with Crippen molar-refractivity contribution in [3.8, 4) is 11.5 Å². The largest absolute Gasteiger partial charge is 0.493 e. The van der Waals surface area contributed by atoms with Crippen LogP contribution in [-0.2, 0) is 11.3 Å².